The Bertz CT molecular complexity index is 325. The monoisotopic (exact) mass is 222 g/mol. The van der Waals surface area contributed by atoms with Crippen molar-refractivity contribution in [3.8, 4) is 5.75 Å². The van der Waals surface area contributed by atoms with Crippen molar-refractivity contribution in [2.45, 2.75) is 12.8 Å². The second-order valence-corrected chi connectivity index (χ2v) is 3.99. The molecule has 1 saturated heterocycles. The van der Waals surface area contributed by atoms with Crippen LogP contribution in [0.15, 0.2) is 18.3 Å². The Morgan fingerprint density at radius 3 is 3.06 bits per heavy atom. The summed E-state index contributed by atoms with van der Waals surface area (Å²) < 4.78 is 11.1. The van der Waals surface area contributed by atoms with E-state index in [0.717, 1.165) is 44.2 Å². The molecule has 0 aromatic carbocycles. The zero-order valence-electron chi connectivity index (χ0n) is 9.61. The Morgan fingerprint density at radius 2 is 2.31 bits per heavy atom. The van der Waals surface area contributed by atoms with Crippen LogP contribution in [0.25, 0.3) is 0 Å². The minimum atomic E-state index is 0.625. The van der Waals surface area contributed by atoms with Gasteiger partial charge in [0.2, 0.25) is 0 Å². The third-order valence-corrected chi connectivity index (χ3v) is 2.81. The highest BCUT2D eigenvalue weighted by atomic mass is 16.5. The standard InChI is InChI=1S/C12H18N2O2/c1-13-12-8-11(2-5-14-12)16-9-10-3-6-15-7-4-10/h2,5,8,10H,3-4,6-7,9H2,1H3,(H,13,14). The minimum absolute atomic E-state index is 0.625. The van der Waals surface area contributed by atoms with Crippen LogP contribution in [0, 0.1) is 5.92 Å². The summed E-state index contributed by atoms with van der Waals surface area (Å²) in [5.74, 6) is 2.34. The molecule has 1 N–H and O–H groups in total. The van der Waals surface area contributed by atoms with E-state index < -0.39 is 0 Å². The Hall–Kier alpha value is -1.29. The Labute approximate surface area is 96.0 Å². The van der Waals surface area contributed by atoms with Gasteiger partial charge in [0.15, 0.2) is 0 Å². The van der Waals surface area contributed by atoms with Gasteiger partial charge in [-0.05, 0) is 24.8 Å². The number of pyridine rings is 1. The number of ether oxygens (including phenoxy) is 2. The van der Waals surface area contributed by atoms with E-state index in [1.165, 1.54) is 0 Å². The van der Waals surface area contributed by atoms with Crippen molar-refractivity contribution in [2.24, 2.45) is 5.92 Å². The molecule has 0 radical (unpaired) electrons. The third-order valence-electron chi connectivity index (χ3n) is 2.81. The first-order valence-corrected chi connectivity index (χ1v) is 5.73. The van der Waals surface area contributed by atoms with Crippen LogP contribution >= 0.6 is 0 Å². The number of aromatic nitrogens is 1. The molecule has 4 nitrogen and oxygen atoms in total. The number of hydrogen-bond acceptors (Lipinski definition) is 4. The zero-order chi connectivity index (χ0) is 11.2. The molecule has 0 bridgehead atoms. The van der Waals surface area contributed by atoms with Crippen LogP contribution in [-0.2, 0) is 4.74 Å². The fourth-order valence-electron chi connectivity index (χ4n) is 1.76. The highest BCUT2D eigenvalue weighted by Crippen LogP contribution is 2.19. The van der Waals surface area contributed by atoms with E-state index in [4.69, 9.17) is 9.47 Å². The van der Waals surface area contributed by atoms with Crippen molar-refractivity contribution in [1.82, 2.24) is 4.98 Å². The number of nitrogens with one attached hydrogen (secondary N) is 1. The summed E-state index contributed by atoms with van der Waals surface area (Å²) in [4.78, 5) is 4.14. The minimum Gasteiger partial charge on any atom is -0.493 e. The van der Waals surface area contributed by atoms with E-state index in [1.54, 1.807) is 6.20 Å². The topological polar surface area (TPSA) is 43.4 Å². The summed E-state index contributed by atoms with van der Waals surface area (Å²) in [5.41, 5.74) is 0. The highest BCUT2D eigenvalue weighted by Gasteiger charge is 2.14. The number of rotatable bonds is 4. The Balaban J connectivity index is 1.83. The molecule has 16 heavy (non-hydrogen) atoms. The maximum atomic E-state index is 5.75. The molecule has 1 aromatic heterocycles. The smallest absolute Gasteiger partial charge is 0.129 e. The lowest BCUT2D eigenvalue weighted by Crippen LogP contribution is -2.21. The molecule has 2 rings (SSSR count). The third kappa shape index (κ3) is 3.10. The van der Waals surface area contributed by atoms with Crippen LogP contribution in [0.1, 0.15) is 12.8 Å². The molecule has 1 fully saturated rings. The molecular weight excluding hydrogens is 204 g/mol. The first-order chi connectivity index (χ1) is 7.88. The van der Waals surface area contributed by atoms with Crippen LogP contribution in [0.4, 0.5) is 5.82 Å². The lowest BCUT2D eigenvalue weighted by Gasteiger charge is -2.22. The maximum Gasteiger partial charge on any atom is 0.129 e. The van der Waals surface area contributed by atoms with Crippen molar-refractivity contribution >= 4 is 5.82 Å². The summed E-state index contributed by atoms with van der Waals surface area (Å²) in [6.45, 7) is 2.51. The summed E-state index contributed by atoms with van der Waals surface area (Å²) in [6, 6.07) is 3.81. The highest BCUT2D eigenvalue weighted by molar-refractivity contribution is 5.39. The van der Waals surface area contributed by atoms with Crippen molar-refractivity contribution in [3.63, 3.8) is 0 Å². The number of anilines is 1. The van der Waals surface area contributed by atoms with E-state index in [2.05, 4.69) is 10.3 Å². The maximum absolute atomic E-state index is 5.75. The van der Waals surface area contributed by atoms with Gasteiger partial charge in [-0.1, -0.05) is 0 Å². The summed E-state index contributed by atoms with van der Waals surface area (Å²) in [7, 11) is 1.85. The lowest BCUT2D eigenvalue weighted by atomic mass is 10.0. The van der Waals surface area contributed by atoms with E-state index in [0.29, 0.717) is 5.92 Å². The summed E-state index contributed by atoms with van der Waals surface area (Å²) >= 11 is 0. The van der Waals surface area contributed by atoms with Crippen LogP contribution in [0.5, 0.6) is 5.75 Å². The van der Waals surface area contributed by atoms with E-state index in [-0.39, 0.29) is 0 Å². The quantitative estimate of drug-likeness (QED) is 0.845. The predicted octanol–water partition coefficient (Wildman–Crippen LogP) is 1.93. The largest absolute Gasteiger partial charge is 0.493 e. The van der Waals surface area contributed by atoms with Gasteiger partial charge in [-0.2, -0.15) is 0 Å². The van der Waals surface area contributed by atoms with Gasteiger partial charge in [-0.3, -0.25) is 0 Å². The van der Waals surface area contributed by atoms with Gasteiger partial charge in [0.1, 0.15) is 11.6 Å². The molecule has 4 heteroatoms. The van der Waals surface area contributed by atoms with Gasteiger partial charge in [0.25, 0.3) is 0 Å². The average molecular weight is 222 g/mol. The molecule has 1 aromatic rings. The van der Waals surface area contributed by atoms with Crippen molar-refractivity contribution < 1.29 is 9.47 Å². The summed E-state index contributed by atoms with van der Waals surface area (Å²) in [5, 5.41) is 2.99. The first kappa shape index (κ1) is 11.2. The fraction of sp³-hybridized carbons (Fsp3) is 0.583. The molecule has 0 unspecified atom stereocenters. The van der Waals surface area contributed by atoms with Gasteiger partial charge >= 0.3 is 0 Å². The Morgan fingerprint density at radius 1 is 1.50 bits per heavy atom. The predicted molar refractivity (Wildman–Crippen MR) is 62.8 cm³/mol. The van der Waals surface area contributed by atoms with E-state index >= 15 is 0 Å². The van der Waals surface area contributed by atoms with Crippen molar-refractivity contribution in [1.29, 1.82) is 0 Å². The van der Waals surface area contributed by atoms with E-state index in [1.807, 2.05) is 19.2 Å². The molecule has 0 spiro atoms. The zero-order valence-corrected chi connectivity index (χ0v) is 9.61. The van der Waals surface area contributed by atoms with Gasteiger partial charge in [-0.15, -0.1) is 0 Å². The van der Waals surface area contributed by atoms with Crippen molar-refractivity contribution in [3.05, 3.63) is 18.3 Å². The number of nitrogens with zero attached hydrogens (tertiary/aromatic N) is 1. The van der Waals surface area contributed by atoms with Gasteiger partial charge < -0.3 is 14.8 Å². The fourth-order valence-corrected chi connectivity index (χ4v) is 1.76. The van der Waals surface area contributed by atoms with Crippen molar-refractivity contribution in [2.75, 3.05) is 32.2 Å². The van der Waals surface area contributed by atoms with Crippen LogP contribution in [0.3, 0.4) is 0 Å². The van der Waals surface area contributed by atoms with Crippen LogP contribution < -0.4 is 10.1 Å². The molecule has 88 valence electrons. The van der Waals surface area contributed by atoms with Crippen LogP contribution in [-0.4, -0.2) is 31.9 Å². The normalized spacial score (nSPS) is 17.1. The molecule has 0 atom stereocenters. The van der Waals surface area contributed by atoms with Crippen LogP contribution in [0.2, 0.25) is 0 Å². The molecule has 0 aliphatic carbocycles. The van der Waals surface area contributed by atoms with Gasteiger partial charge in [0.05, 0.1) is 6.61 Å². The van der Waals surface area contributed by atoms with Gasteiger partial charge in [-0.25, -0.2) is 4.98 Å². The van der Waals surface area contributed by atoms with E-state index in [9.17, 15) is 0 Å². The second-order valence-electron chi connectivity index (χ2n) is 3.99. The molecular formula is C12H18N2O2. The molecule has 0 saturated carbocycles. The molecule has 2 heterocycles. The average Bonchev–Trinajstić information content (AvgIpc) is 2.38. The SMILES string of the molecule is CNc1cc(OCC2CCOCC2)ccn1. The molecule has 0 amide bonds. The van der Waals surface area contributed by atoms with Gasteiger partial charge in [0, 0.05) is 32.5 Å². The first-order valence-electron chi connectivity index (χ1n) is 5.73. The molecule has 1 aliphatic rings. The lowest BCUT2D eigenvalue weighted by molar-refractivity contribution is 0.0497. The second kappa shape index (κ2) is 5.70. The number of hydrogen-bond donors (Lipinski definition) is 1. The summed E-state index contributed by atoms with van der Waals surface area (Å²) in [6.07, 6.45) is 3.96. The Kier molecular flexibility index (Phi) is 3.99. The molecule has 1 aliphatic heterocycles.